The minimum atomic E-state index is 0.536. The summed E-state index contributed by atoms with van der Waals surface area (Å²) in [5.41, 5.74) is 8.29. The van der Waals surface area contributed by atoms with E-state index >= 15 is 0 Å². The van der Waals surface area contributed by atoms with Gasteiger partial charge in [-0.05, 0) is 24.0 Å². The molecule has 22 heavy (non-hydrogen) atoms. The fourth-order valence-corrected chi connectivity index (χ4v) is 2.68. The van der Waals surface area contributed by atoms with Crippen LogP contribution in [0.25, 0.3) is 0 Å². The van der Waals surface area contributed by atoms with Gasteiger partial charge in [0.2, 0.25) is 0 Å². The summed E-state index contributed by atoms with van der Waals surface area (Å²) in [4.78, 5) is 0. The van der Waals surface area contributed by atoms with Crippen LogP contribution < -0.4 is 11.1 Å². The summed E-state index contributed by atoms with van der Waals surface area (Å²) < 4.78 is 0. The molecule has 0 spiro atoms. The van der Waals surface area contributed by atoms with Crippen molar-refractivity contribution in [2.75, 3.05) is 0 Å². The van der Waals surface area contributed by atoms with Gasteiger partial charge in [0.15, 0.2) is 0 Å². The summed E-state index contributed by atoms with van der Waals surface area (Å²) >= 11 is 0. The van der Waals surface area contributed by atoms with Gasteiger partial charge in [0.05, 0.1) is 0 Å². The van der Waals surface area contributed by atoms with E-state index in [0.717, 1.165) is 13.1 Å². The monoisotopic (exact) mass is 296 g/mol. The molecule has 2 heteroatoms. The summed E-state index contributed by atoms with van der Waals surface area (Å²) in [7, 11) is 0. The van der Waals surface area contributed by atoms with Crippen LogP contribution in [0.3, 0.4) is 0 Å². The smallest absolute Gasteiger partial charge is 0.0208 e. The molecule has 3 N–H and O–H groups in total. The molecule has 0 amide bonds. The first-order valence-electron chi connectivity index (χ1n) is 8.39. The molecule has 0 atom stereocenters. The molecule has 1 aliphatic carbocycles. The van der Waals surface area contributed by atoms with E-state index in [0.29, 0.717) is 6.04 Å². The van der Waals surface area contributed by atoms with E-state index < -0.39 is 0 Å². The van der Waals surface area contributed by atoms with Crippen molar-refractivity contribution in [2.24, 2.45) is 5.73 Å². The summed E-state index contributed by atoms with van der Waals surface area (Å²) in [6.45, 7) is 1.85. The molecule has 2 aromatic rings. The highest BCUT2D eigenvalue weighted by Gasteiger charge is 2.06. The molecule has 0 aromatic heterocycles. The molecule has 1 aliphatic rings. The molecule has 118 valence electrons. The lowest BCUT2D eigenvalue weighted by Crippen LogP contribution is -2.22. The van der Waals surface area contributed by atoms with E-state index in [4.69, 9.17) is 5.73 Å². The number of rotatable bonds is 4. The molecule has 2 aromatic carbocycles. The van der Waals surface area contributed by atoms with Gasteiger partial charge in [-0.15, -0.1) is 0 Å². The van der Waals surface area contributed by atoms with Crippen molar-refractivity contribution in [3.8, 4) is 0 Å². The van der Waals surface area contributed by atoms with E-state index in [-0.39, 0.29) is 0 Å². The molecular formula is C20H28N2. The maximum atomic E-state index is 5.63. The number of nitrogens with one attached hydrogen (secondary N) is 1. The van der Waals surface area contributed by atoms with Gasteiger partial charge in [0.25, 0.3) is 0 Å². The number of hydrogen-bond donors (Lipinski definition) is 2. The lowest BCUT2D eigenvalue weighted by Gasteiger charge is -2.15. The highest BCUT2D eigenvalue weighted by Crippen LogP contribution is 2.14. The van der Waals surface area contributed by atoms with Crippen LogP contribution in [0.15, 0.2) is 60.7 Å². The Morgan fingerprint density at radius 2 is 1.18 bits per heavy atom. The van der Waals surface area contributed by atoms with Crippen molar-refractivity contribution in [3.63, 3.8) is 0 Å². The second-order valence-electron chi connectivity index (χ2n) is 5.97. The minimum absolute atomic E-state index is 0.536. The number of hydrogen-bond acceptors (Lipinski definition) is 2. The van der Waals surface area contributed by atoms with Gasteiger partial charge in [-0.2, -0.15) is 0 Å². The lowest BCUT2D eigenvalue weighted by molar-refractivity contribution is 0.441. The normalized spacial score (nSPS) is 15.0. The van der Waals surface area contributed by atoms with Crippen LogP contribution in [0.5, 0.6) is 0 Å². The van der Waals surface area contributed by atoms with Crippen molar-refractivity contribution in [2.45, 2.75) is 51.2 Å². The molecule has 0 bridgehead atoms. The molecule has 2 nitrogen and oxygen atoms in total. The molecule has 0 saturated heterocycles. The maximum Gasteiger partial charge on any atom is 0.0208 e. The molecular weight excluding hydrogens is 268 g/mol. The quantitative estimate of drug-likeness (QED) is 0.885. The van der Waals surface area contributed by atoms with Crippen molar-refractivity contribution in [3.05, 3.63) is 71.8 Å². The third kappa shape index (κ3) is 6.88. The zero-order chi connectivity index (χ0) is 15.5. The Morgan fingerprint density at radius 3 is 1.55 bits per heavy atom. The Hall–Kier alpha value is -1.64. The van der Waals surface area contributed by atoms with E-state index in [2.05, 4.69) is 53.8 Å². The topological polar surface area (TPSA) is 38.0 Å². The van der Waals surface area contributed by atoms with Gasteiger partial charge >= 0.3 is 0 Å². The molecule has 1 saturated carbocycles. The first-order chi connectivity index (χ1) is 10.8. The average Bonchev–Trinajstić information content (AvgIpc) is 2.58. The summed E-state index contributed by atoms with van der Waals surface area (Å²) in [5.74, 6) is 0. The molecule has 0 radical (unpaired) electrons. The van der Waals surface area contributed by atoms with Gasteiger partial charge in [-0.25, -0.2) is 0 Å². The Kier molecular flexibility index (Phi) is 7.71. The standard InChI is InChI=1S/C14H15N.C6H13N/c1-3-7-13(8-4-1)11-15-12-14-9-5-2-6-10-14;7-6-4-2-1-3-5-6/h1-10,15H,11-12H2;6H,1-5,7H2. The van der Waals surface area contributed by atoms with E-state index in [1.54, 1.807) is 0 Å². The first-order valence-corrected chi connectivity index (χ1v) is 8.39. The third-order valence-electron chi connectivity index (χ3n) is 3.99. The van der Waals surface area contributed by atoms with Gasteiger partial charge in [-0.3, -0.25) is 0 Å². The zero-order valence-electron chi connectivity index (χ0n) is 13.4. The maximum absolute atomic E-state index is 5.63. The van der Waals surface area contributed by atoms with Crippen LogP contribution in [0.2, 0.25) is 0 Å². The van der Waals surface area contributed by atoms with Crippen molar-refractivity contribution >= 4 is 0 Å². The SMILES string of the molecule is NC1CCCCC1.c1ccc(CNCc2ccccc2)cc1. The predicted octanol–water partition coefficient (Wildman–Crippen LogP) is 4.25. The van der Waals surface area contributed by atoms with Crippen molar-refractivity contribution < 1.29 is 0 Å². The van der Waals surface area contributed by atoms with Crippen molar-refractivity contribution in [1.29, 1.82) is 0 Å². The Balaban J connectivity index is 0.000000211. The van der Waals surface area contributed by atoms with E-state index in [1.165, 1.54) is 43.2 Å². The first kappa shape index (κ1) is 16.7. The summed E-state index contributed by atoms with van der Waals surface area (Å²) in [6.07, 6.45) is 6.66. The van der Waals surface area contributed by atoms with Crippen LogP contribution in [-0.2, 0) is 13.1 Å². The number of benzene rings is 2. The second-order valence-corrected chi connectivity index (χ2v) is 5.97. The molecule has 3 rings (SSSR count). The highest BCUT2D eigenvalue weighted by atomic mass is 14.8. The van der Waals surface area contributed by atoms with Gasteiger partial charge in [-0.1, -0.05) is 79.9 Å². The van der Waals surface area contributed by atoms with E-state index in [1.807, 2.05) is 12.1 Å². The average molecular weight is 296 g/mol. The highest BCUT2D eigenvalue weighted by molar-refractivity contribution is 5.16. The molecule has 0 heterocycles. The predicted molar refractivity (Wildman–Crippen MR) is 94.5 cm³/mol. The molecule has 0 aliphatic heterocycles. The lowest BCUT2D eigenvalue weighted by atomic mass is 9.97. The van der Waals surface area contributed by atoms with Gasteiger partial charge < -0.3 is 11.1 Å². The van der Waals surface area contributed by atoms with Crippen LogP contribution in [0, 0.1) is 0 Å². The Morgan fingerprint density at radius 1 is 0.727 bits per heavy atom. The second kappa shape index (κ2) is 10.1. The number of nitrogens with two attached hydrogens (primary N) is 1. The van der Waals surface area contributed by atoms with Crippen LogP contribution in [-0.4, -0.2) is 6.04 Å². The zero-order valence-corrected chi connectivity index (χ0v) is 13.4. The summed E-state index contributed by atoms with van der Waals surface area (Å²) in [5, 5.41) is 3.42. The van der Waals surface area contributed by atoms with Gasteiger partial charge in [0.1, 0.15) is 0 Å². The third-order valence-corrected chi connectivity index (χ3v) is 3.99. The Labute approximate surface area is 134 Å². The largest absolute Gasteiger partial charge is 0.328 e. The molecule has 0 unspecified atom stereocenters. The van der Waals surface area contributed by atoms with Gasteiger partial charge in [0, 0.05) is 19.1 Å². The van der Waals surface area contributed by atoms with E-state index in [9.17, 15) is 0 Å². The minimum Gasteiger partial charge on any atom is -0.328 e. The molecule has 1 fully saturated rings. The Bertz CT molecular complexity index is 450. The summed E-state index contributed by atoms with van der Waals surface area (Å²) in [6, 6.07) is 21.4. The van der Waals surface area contributed by atoms with Crippen LogP contribution in [0.1, 0.15) is 43.2 Å². The van der Waals surface area contributed by atoms with Crippen LogP contribution >= 0.6 is 0 Å². The van der Waals surface area contributed by atoms with Crippen LogP contribution in [0.4, 0.5) is 0 Å². The fraction of sp³-hybridized carbons (Fsp3) is 0.400. The fourth-order valence-electron chi connectivity index (χ4n) is 2.68. The van der Waals surface area contributed by atoms with Crippen molar-refractivity contribution in [1.82, 2.24) is 5.32 Å².